The molecule has 27 heavy (non-hydrogen) atoms. The summed E-state index contributed by atoms with van der Waals surface area (Å²) in [5, 5.41) is 0. The van der Waals surface area contributed by atoms with Crippen molar-refractivity contribution in [2.75, 3.05) is 18.5 Å². The number of aromatic nitrogens is 2. The van der Waals surface area contributed by atoms with Gasteiger partial charge in [-0.2, -0.15) is 0 Å². The molecular formula is C20H19BrN4O2. The second kappa shape index (κ2) is 7.15. The summed E-state index contributed by atoms with van der Waals surface area (Å²) in [7, 11) is 1.75. The number of amides is 2. The molecule has 1 atom stereocenters. The molecule has 2 amide bonds. The molecule has 1 fully saturated rings. The number of aromatic amines is 1. The standard InChI is InChI=1S/C20H19BrN4O2/c1-24(12-18-22-16-7-2-3-8-17(16)23-18)20(27)13-9-19(26)25(11-13)15-6-4-5-14(21)10-15/h2-8,10,13H,9,11-12H2,1H3,(H,22,23)/t13-/m1/s1. The lowest BCUT2D eigenvalue weighted by Gasteiger charge is -2.21. The zero-order valence-electron chi connectivity index (χ0n) is 14.9. The first-order chi connectivity index (χ1) is 13.0. The minimum Gasteiger partial charge on any atom is -0.340 e. The Morgan fingerprint density at radius 2 is 2.11 bits per heavy atom. The Morgan fingerprint density at radius 1 is 1.30 bits per heavy atom. The normalized spacial score (nSPS) is 16.9. The van der Waals surface area contributed by atoms with Crippen LogP contribution in [0.25, 0.3) is 11.0 Å². The molecule has 3 aromatic rings. The molecule has 1 aliphatic rings. The van der Waals surface area contributed by atoms with Crippen LogP contribution >= 0.6 is 15.9 Å². The van der Waals surface area contributed by atoms with Crippen molar-refractivity contribution in [2.24, 2.45) is 5.92 Å². The van der Waals surface area contributed by atoms with Crippen LogP contribution in [0.4, 0.5) is 5.69 Å². The quantitative estimate of drug-likeness (QED) is 0.695. The van der Waals surface area contributed by atoms with Gasteiger partial charge in [0, 0.05) is 30.2 Å². The lowest BCUT2D eigenvalue weighted by molar-refractivity contribution is -0.135. The molecule has 0 spiro atoms. The molecule has 1 aliphatic heterocycles. The molecule has 0 aliphatic carbocycles. The van der Waals surface area contributed by atoms with Gasteiger partial charge in [-0.05, 0) is 30.3 Å². The summed E-state index contributed by atoms with van der Waals surface area (Å²) in [5.74, 6) is 0.330. The molecule has 1 saturated heterocycles. The van der Waals surface area contributed by atoms with E-state index < -0.39 is 0 Å². The SMILES string of the molecule is CN(Cc1nc2ccccc2[nH]1)C(=O)[C@@H]1CC(=O)N(c2cccc(Br)c2)C1. The van der Waals surface area contributed by atoms with E-state index in [1.165, 1.54) is 0 Å². The van der Waals surface area contributed by atoms with Crippen LogP contribution in [0.1, 0.15) is 12.2 Å². The maximum absolute atomic E-state index is 12.9. The summed E-state index contributed by atoms with van der Waals surface area (Å²) in [6.45, 7) is 0.785. The first kappa shape index (κ1) is 17.7. The van der Waals surface area contributed by atoms with E-state index in [2.05, 4.69) is 25.9 Å². The zero-order chi connectivity index (χ0) is 19.0. The number of hydrogen-bond acceptors (Lipinski definition) is 3. The number of carbonyl (C=O) groups is 2. The van der Waals surface area contributed by atoms with Crippen molar-refractivity contribution in [3.8, 4) is 0 Å². The molecule has 7 heteroatoms. The molecule has 0 saturated carbocycles. The molecule has 1 aromatic heterocycles. The van der Waals surface area contributed by atoms with E-state index in [4.69, 9.17) is 0 Å². The number of rotatable bonds is 4. The number of anilines is 1. The van der Waals surface area contributed by atoms with E-state index in [0.717, 1.165) is 27.0 Å². The number of carbonyl (C=O) groups excluding carboxylic acids is 2. The van der Waals surface area contributed by atoms with Crippen LogP contribution in [0.15, 0.2) is 53.0 Å². The van der Waals surface area contributed by atoms with E-state index in [-0.39, 0.29) is 24.2 Å². The van der Waals surface area contributed by atoms with Crippen LogP contribution < -0.4 is 4.90 Å². The van der Waals surface area contributed by atoms with Gasteiger partial charge in [0.25, 0.3) is 0 Å². The molecule has 138 valence electrons. The number of benzene rings is 2. The fourth-order valence-corrected chi connectivity index (χ4v) is 3.85. The zero-order valence-corrected chi connectivity index (χ0v) is 16.4. The molecule has 2 heterocycles. The Kier molecular flexibility index (Phi) is 4.70. The van der Waals surface area contributed by atoms with Gasteiger partial charge in [0.15, 0.2) is 0 Å². The fourth-order valence-electron chi connectivity index (χ4n) is 3.46. The van der Waals surface area contributed by atoms with Crippen LogP contribution in [0.3, 0.4) is 0 Å². The third-order valence-corrected chi connectivity index (χ3v) is 5.29. The Morgan fingerprint density at radius 3 is 2.89 bits per heavy atom. The van der Waals surface area contributed by atoms with Gasteiger partial charge >= 0.3 is 0 Å². The topological polar surface area (TPSA) is 69.3 Å². The van der Waals surface area contributed by atoms with E-state index >= 15 is 0 Å². The second-order valence-electron chi connectivity index (χ2n) is 6.78. The van der Waals surface area contributed by atoms with Crippen molar-refractivity contribution in [3.05, 3.63) is 58.8 Å². The molecule has 4 rings (SSSR count). The van der Waals surface area contributed by atoms with Crippen LogP contribution in [0.5, 0.6) is 0 Å². The number of imidazole rings is 1. The fraction of sp³-hybridized carbons (Fsp3) is 0.250. The highest BCUT2D eigenvalue weighted by atomic mass is 79.9. The number of H-pyrrole nitrogens is 1. The first-order valence-corrected chi connectivity index (χ1v) is 9.55. The van der Waals surface area contributed by atoms with E-state index in [1.807, 2.05) is 48.5 Å². The minimum atomic E-state index is -0.342. The van der Waals surface area contributed by atoms with Crippen LogP contribution in [-0.4, -0.2) is 40.3 Å². The smallest absolute Gasteiger partial charge is 0.228 e. The highest BCUT2D eigenvalue weighted by Crippen LogP contribution is 2.28. The van der Waals surface area contributed by atoms with E-state index in [9.17, 15) is 9.59 Å². The van der Waals surface area contributed by atoms with Gasteiger partial charge in [-0.3, -0.25) is 9.59 Å². The van der Waals surface area contributed by atoms with Crippen molar-refractivity contribution in [1.29, 1.82) is 0 Å². The van der Waals surface area contributed by atoms with Gasteiger partial charge in [-0.1, -0.05) is 34.1 Å². The largest absolute Gasteiger partial charge is 0.340 e. The molecule has 2 aromatic carbocycles. The van der Waals surface area contributed by atoms with Crippen LogP contribution in [-0.2, 0) is 16.1 Å². The number of halogens is 1. The predicted octanol–water partition coefficient (Wildman–Crippen LogP) is 3.34. The van der Waals surface area contributed by atoms with Gasteiger partial charge in [0.1, 0.15) is 5.82 Å². The Bertz CT molecular complexity index is 983. The third-order valence-electron chi connectivity index (χ3n) is 4.80. The van der Waals surface area contributed by atoms with Crippen molar-refractivity contribution in [1.82, 2.24) is 14.9 Å². The molecule has 0 bridgehead atoms. The van der Waals surface area contributed by atoms with Crippen molar-refractivity contribution >= 4 is 44.5 Å². The summed E-state index contributed by atoms with van der Waals surface area (Å²) in [6, 6.07) is 15.3. The summed E-state index contributed by atoms with van der Waals surface area (Å²) in [6.07, 6.45) is 0.232. The van der Waals surface area contributed by atoms with E-state index in [1.54, 1.807) is 16.8 Å². The van der Waals surface area contributed by atoms with Crippen LogP contribution in [0, 0.1) is 5.92 Å². The maximum atomic E-state index is 12.9. The van der Waals surface area contributed by atoms with Crippen molar-refractivity contribution in [2.45, 2.75) is 13.0 Å². The minimum absolute atomic E-state index is 0.0245. The average molecular weight is 427 g/mol. The first-order valence-electron chi connectivity index (χ1n) is 8.76. The summed E-state index contributed by atoms with van der Waals surface area (Å²) < 4.78 is 0.907. The second-order valence-corrected chi connectivity index (χ2v) is 7.70. The van der Waals surface area contributed by atoms with Gasteiger partial charge < -0.3 is 14.8 Å². The average Bonchev–Trinajstić information content (AvgIpc) is 3.23. The number of nitrogens with zero attached hydrogens (tertiary/aromatic N) is 3. The van der Waals surface area contributed by atoms with Crippen LogP contribution in [0.2, 0.25) is 0 Å². The molecular weight excluding hydrogens is 408 g/mol. The van der Waals surface area contributed by atoms with Gasteiger partial charge in [-0.15, -0.1) is 0 Å². The van der Waals surface area contributed by atoms with Gasteiger partial charge in [0.05, 0.1) is 23.5 Å². The number of hydrogen-bond donors (Lipinski definition) is 1. The highest BCUT2D eigenvalue weighted by Gasteiger charge is 2.36. The lowest BCUT2D eigenvalue weighted by atomic mass is 10.1. The maximum Gasteiger partial charge on any atom is 0.228 e. The Labute approximate surface area is 165 Å². The predicted molar refractivity (Wildman–Crippen MR) is 107 cm³/mol. The molecule has 1 N–H and O–H groups in total. The molecule has 6 nitrogen and oxygen atoms in total. The third kappa shape index (κ3) is 3.60. The molecule has 0 radical (unpaired) electrons. The van der Waals surface area contributed by atoms with Crippen molar-refractivity contribution in [3.63, 3.8) is 0 Å². The van der Waals surface area contributed by atoms with Gasteiger partial charge in [0.2, 0.25) is 11.8 Å². The van der Waals surface area contributed by atoms with Crippen molar-refractivity contribution < 1.29 is 9.59 Å². The Hall–Kier alpha value is -2.67. The monoisotopic (exact) mass is 426 g/mol. The number of nitrogens with one attached hydrogen (secondary N) is 1. The number of fused-ring (bicyclic) bond motifs is 1. The van der Waals surface area contributed by atoms with E-state index in [0.29, 0.717) is 13.1 Å². The lowest BCUT2D eigenvalue weighted by Crippen LogP contribution is -2.34. The number of para-hydroxylation sites is 2. The van der Waals surface area contributed by atoms with Gasteiger partial charge in [-0.25, -0.2) is 4.98 Å². The Balaban J connectivity index is 1.45. The summed E-state index contributed by atoms with van der Waals surface area (Å²) in [5.41, 5.74) is 2.64. The summed E-state index contributed by atoms with van der Waals surface area (Å²) in [4.78, 5) is 36.3. The molecule has 0 unspecified atom stereocenters. The highest BCUT2D eigenvalue weighted by molar-refractivity contribution is 9.10. The summed E-state index contributed by atoms with van der Waals surface area (Å²) >= 11 is 3.42.